The fourth-order valence-electron chi connectivity index (χ4n) is 4.66. The Morgan fingerprint density at radius 2 is 1.96 bits per heavy atom. The third-order valence-electron chi connectivity index (χ3n) is 5.84. The number of likely N-dealkylation sites (tertiary alicyclic amines) is 1. The van der Waals surface area contributed by atoms with E-state index in [9.17, 15) is 4.79 Å². The number of likely N-dealkylation sites (N-methyl/N-ethyl adjacent to an activating group) is 2. The molecule has 0 saturated carbocycles. The van der Waals surface area contributed by atoms with Crippen LogP contribution in [0.4, 0.5) is 16.2 Å². The van der Waals surface area contributed by atoms with Crippen LogP contribution in [0.25, 0.3) is 11.1 Å². The third-order valence-corrected chi connectivity index (χ3v) is 5.84. The molecule has 2 atom stereocenters. The average Bonchev–Trinajstić information content (AvgIpc) is 3.05. The monoisotopic (exact) mass is 352 g/mol. The van der Waals surface area contributed by atoms with E-state index in [0.29, 0.717) is 11.9 Å². The summed E-state index contributed by atoms with van der Waals surface area (Å²) in [4.78, 5) is 15.5. The molecule has 3 N–H and O–H groups in total. The Morgan fingerprint density at radius 3 is 2.73 bits per heavy atom. The van der Waals surface area contributed by atoms with Gasteiger partial charge in [0.05, 0.1) is 11.9 Å². The van der Waals surface area contributed by atoms with Gasteiger partial charge in [-0.15, -0.1) is 0 Å². The van der Waals surface area contributed by atoms with Crippen molar-refractivity contribution < 1.29 is 9.90 Å². The van der Waals surface area contributed by atoms with Gasteiger partial charge in [0.2, 0.25) is 0 Å². The van der Waals surface area contributed by atoms with Crippen LogP contribution in [-0.4, -0.2) is 42.9 Å². The number of rotatable bonds is 3. The molecule has 1 amide bonds. The maximum atomic E-state index is 10.7. The fourth-order valence-corrected chi connectivity index (χ4v) is 4.66. The zero-order valence-electron chi connectivity index (χ0n) is 15.3. The number of fused-ring (bicyclic) bond motifs is 3. The van der Waals surface area contributed by atoms with Crippen molar-refractivity contribution in [3.8, 4) is 11.1 Å². The van der Waals surface area contributed by atoms with Gasteiger partial charge in [0, 0.05) is 24.7 Å². The lowest BCUT2D eigenvalue weighted by molar-refractivity contribution is 0.197. The third kappa shape index (κ3) is 2.49. The standard InChI is InChI=1S/C20H24N4O2/c1-20-9-10-23(2)18(20)24(3)17-8-7-14(12-16(17)20)13-5-4-6-15(11-13)21-22-19(25)26/h4-8,11-12,18,21-22H,9-10H2,1-3H3,(H,25,26)/t18-,20+/m1/s1. The largest absolute Gasteiger partial charge is 0.464 e. The molecule has 2 aliphatic heterocycles. The van der Waals surface area contributed by atoms with Crippen molar-refractivity contribution >= 4 is 17.5 Å². The van der Waals surface area contributed by atoms with Crippen LogP contribution < -0.4 is 15.8 Å². The molecule has 1 fully saturated rings. The van der Waals surface area contributed by atoms with E-state index in [1.165, 1.54) is 11.3 Å². The minimum Gasteiger partial charge on any atom is -0.464 e. The number of amides is 1. The lowest BCUT2D eigenvalue weighted by Crippen LogP contribution is -2.45. The van der Waals surface area contributed by atoms with Crippen molar-refractivity contribution in [2.24, 2.45) is 0 Å². The molecule has 0 spiro atoms. The molecule has 0 radical (unpaired) electrons. The van der Waals surface area contributed by atoms with E-state index in [1.807, 2.05) is 24.3 Å². The highest BCUT2D eigenvalue weighted by Gasteiger charge is 2.52. The van der Waals surface area contributed by atoms with E-state index in [-0.39, 0.29) is 5.41 Å². The minimum atomic E-state index is -1.11. The van der Waals surface area contributed by atoms with Gasteiger partial charge >= 0.3 is 6.09 Å². The Bertz CT molecular complexity index is 869. The number of nitrogens with one attached hydrogen (secondary N) is 2. The zero-order chi connectivity index (χ0) is 18.5. The molecular formula is C20H24N4O2. The topological polar surface area (TPSA) is 67.8 Å². The molecule has 6 heteroatoms. The van der Waals surface area contributed by atoms with Gasteiger partial charge < -0.3 is 10.0 Å². The zero-order valence-corrected chi connectivity index (χ0v) is 15.3. The van der Waals surface area contributed by atoms with Gasteiger partial charge in [-0.3, -0.25) is 10.3 Å². The summed E-state index contributed by atoms with van der Waals surface area (Å²) in [5.74, 6) is 0. The van der Waals surface area contributed by atoms with Crippen LogP contribution in [0.2, 0.25) is 0 Å². The maximum absolute atomic E-state index is 10.7. The van der Waals surface area contributed by atoms with E-state index < -0.39 is 6.09 Å². The molecule has 0 bridgehead atoms. The van der Waals surface area contributed by atoms with Gasteiger partial charge in [-0.25, -0.2) is 10.2 Å². The molecule has 2 aliphatic rings. The number of hydrogen-bond acceptors (Lipinski definition) is 4. The Labute approximate surface area is 153 Å². The van der Waals surface area contributed by atoms with Gasteiger partial charge in [-0.05, 0) is 54.4 Å². The first-order chi connectivity index (χ1) is 12.4. The van der Waals surface area contributed by atoms with E-state index >= 15 is 0 Å². The van der Waals surface area contributed by atoms with Crippen molar-refractivity contribution in [2.45, 2.75) is 24.9 Å². The van der Waals surface area contributed by atoms with Gasteiger partial charge in [0.15, 0.2) is 0 Å². The lowest BCUT2D eigenvalue weighted by atomic mass is 9.80. The van der Waals surface area contributed by atoms with Crippen molar-refractivity contribution in [2.75, 3.05) is 31.0 Å². The Balaban J connectivity index is 1.70. The van der Waals surface area contributed by atoms with Crippen molar-refractivity contribution in [1.82, 2.24) is 10.3 Å². The maximum Gasteiger partial charge on any atom is 0.423 e. The summed E-state index contributed by atoms with van der Waals surface area (Å²) in [7, 11) is 4.38. The smallest absolute Gasteiger partial charge is 0.423 e. The summed E-state index contributed by atoms with van der Waals surface area (Å²) in [5.41, 5.74) is 10.6. The van der Waals surface area contributed by atoms with Crippen LogP contribution in [0.1, 0.15) is 18.9 Å². The Kier molecular flexibility index (Phi) is 3.80. The van der Waals surface area contributed by atoms with E-state index in [2.05, 4.69) is 59.9 Å². The molecule has 0 aliphatic carbocycles. The summed E-state index contributed by atoms with van der Waals surface area (Å²) in [6.07, 6.45) is 0.444. The summed E-state index contributed by atoms with van der Waals surface area (Å²) in [6.45, 7) is 3.47. The van der Waals surface area contributed by atoms with Crippen LogP contribution in [-0.2, 0) is 5.41 Å². The fraction of sp³-hybridized carbons (Fsp3) is 0.350. The number of nitrogens with zero attached hydrogens (tertiary/aromatic N) is 2. The molecule has 136 valence electrons. The van der Waals surface area contributed by atoms with Crippen LogP contribution in [0, 0.1) is 0 Å². The molecule has 0 aromatic heterocycles. The summed E-state index contributed by atoms with van der Waals surface area (Å²) < 4.78 is 0. The van der Waals surface area contributed by atoms with Gasteiger partial charge in [0.1, 0.15) is 0 Å². The molecule has 6 nitrogen and oxygen atoms in total. The summed E-state index contributed by atoms with van der Waals surface area (Å²) in [6, 6.07) is 14.4. The number of benzene rings is 2. The summed E-state index contributed by atoms with van der Waals surface area (Å²) >= 11 is 0. The van der Waals surface area contributed by atoms with E-state index in [4.69, 9.17) is 5.11 Å². The van der Waals surface area contributed by atoms with Gasteiger partial charge in [0.25, 0.3) is 0 Å². The molecule has 26 heavy (non-hydrogen) atoms. The van der Waals surface area contributed by atoms with E-state index in [0.717, 1.165) is 24.1 Å². The van der Waals surface area contributed by atoms with Crippen molar-refractivity contribution in [1.29, 1.82) is 0 Å². The van der Waals surface area contributed by atoms with Crippen LogP contribution in [0.3, 0.4) is 0 Å². The highest BCUT2D eigenvalue weighted by Crippen LogP contribution is 2.51. The predicted octanol–water partition coefficient (Wildman–Crippen LogP) is 3.32. The van der Waals surface area contributed by atoms with Crippen LogP contribution in [0.15, 0.2) is 42.5 Å². The van der Waals surface area contributed by atoms with Crippen molar-refractivity contribution in [3.05, 3.63) is 48.0 Å². The molecule has 1 saturated heterocycles. The second-order valence-corrected chi connectivity index (χ2v) is 7.50. The first-order valence-electron chi connectivity index (χ1n) is 8.83. The molecule has 2 heterocycles. The predicted molar refractivity (Wildman–Crippen MR) is 103 cm³/mol. The molecule has 4 rings (SSSR count). The molecule has 0 unspecified atom stereocenters. The first kappa shape index (κ1) is 16.7. The molecule has 2 aromatic rings. The quantitative estimate of drug-likeness (QED) is 0.740. The second kappa shape index (κ2) is 5.92. The Morgan fingerprint density at radius 1 is 1.19 bits per heavy atom. The van der Waals surface area contributed by atoms with Gasteiger partial charge in [-0.2, -0.15) is 0 Å². The molecular weight excluding hydrogens is 328 g/mol. The van der Waals surface area contributed by atoms with Crippen LogP contribution in [0.5, 0.6) is 0 Å². The number of hydrazine groups is 1. The highest BCUT2D eigenvalue weighted by atomic mass is 16.4. The van der Waals surface area contributed by atoms with Crippen LogP contribution >= 0.6 is 0 Å². The number of carbonyl (C=O) groups is 1. The second-order valence-electron chi connectivity index (χ2n) is 7.50. The Hall–Kier alpha value is -2.73. The summed E-state index contributed by atoms with van der Waals surface area (Å²) in [5, 5.41) is 8.75. The highest BCUT2D eigenvalue weighted by molar-refractivity contribution is 5.75. The normalized spacial score (nSPS) is 24.3. The number of carboxylic acid groups (broad SMARTS) is 1. The number of hydrogen-bond donors (Lipinski definition) is 3. The minimum absolute atomic E-state index is 0.134. The molecule has 2 aromatic carbocycles. The van der Waals surface area contributed by atoms with E-state index in [1.54, 1.807) is 0 Å². The SMILES string of the molecule is CN1CC[C@@]2(C)c3cc(-c4cccc(NNC(=O)O)c4)ccc3N(C)[C@@H]12. The van der Waals surface area contributed by atoms with Crippen molar-refractivity contribution in [3.63, 3.8) is 0 Å². The number of anilines is 2. The first-order valence-corrected chi connectivity index (χ1v) is 8.83. The average molecular weight is 352 g/mol. The van der Waals surface area contributed by atoms with Gasteiger partial charge in [-0.1, -0.05) is 25.1 Å². The lowest BCUT2D eigenvalue weighted by Gasteiger charge is -2.32.